The quantitative estimate of drug-likeness (QED) is 0.390. The van der Waals surface area contributed by atoms with Gasteiger partial charge in [-0.3, -0.25) is 0 Å². The Morgan fingerprint density at radius 2 is 1.73 bits per heavy atom. The second-order valence-electron chi connectivity index (χ2n) is 4.59. The molecule has 1 fully saturated rings. The van der Waals surface area contributed by atoms with Gasteiger partial charge in [-0.2, -0.15) is 0 Å². The number of hydrogen-bond acceptors (Lipinski definition) is 2. The predicted molar refractivity (Wildman–Crippen MR) is 63.2 cm³/mol. The lowest BCUT2D eigenvalue weighted by atomic mass is 9.78. The molecule has 0 aromatic rings. The van der Waals surface area contributed by atoms with E-state index in [4.69, 9.17) is 15.7 Å². The fourth-order valence-electron chi connectivity index (χ4n) is 1.29. The van der Waals surface area contributed by atoms with Crippen LogP contribution in [-0.4, -0.2) is 18.3 Å². The van der Waals surface area contributed by atoms with Crippen molar-refractivity contribution in [2.75, 3.05) is 0 Å². The summed E-state index contributed by atoms with van der Waals surface area (Å²) in [4.78, 5) is 0. The lowest BCUT2D eigenvalue weighted by Gasteiger charge is -2.32. The van der Waals surface area contributed by atoms with Gasteiger partial charge in [-0.15, -0.1) is 6.42 Å². The molecular formula is C12H17BO2. The van der Waals surface area contributed by atoms with Crippen LogP contribution < -0.4 is 0 Å². The Balaban J connectivity index is 2.93. The van der Waals surface area contributed by atoms with E-state index in [0.29, 0.717) is 5.47 Å². The second-order valence-corrected chi connectivity index (χ2v) is 4.59. The molecule has 0 amide bonds. The summed E-state index contributed by atoms with van der Waals surface area (Å²) in [6, 6.07) is 0. The Hall–Kier alpha value is -0.975. The van der Waals surface area contributed by atoms with Gasteiger partial charge >= 0.3 is 7.12 Å². The molecule has 1 rings (SSSR count). The molecule has 0 saturated carbocycles. The summed E-state index contributed by atoms with van der Waals surface area (Å²) in [6.45, 7) is 11.6. The third-order valence-electron chi connectivity index (χ3n) is 2.97. The molecule has 0 N–H and O–H groups in total. The SMILES string of the molecule is C#C/C(=C\C=C)B1OC(C)(C)C(C)(C)O1. The number of terminal acetylenes is 1. The molecule has 0 spiro atoms. The molecule has 1 aliphatic heterocycles. The molecular weight excluding hydrogens is 187 g/mol. The zero-order valence-electron chi connectivity index (χ0n) is 9.83. The standard InChI is InChI=1S/C12H17BO2/c1-7-9-10(8-2)13-14-11(3,4)12(5,6)15-13/h2,7,9H,1H2,3-6H3/b10-9+. The van der Waals surface area contributed by atoms with E-state index >= 15 is 0 Å². The highest BCUT2D eigenvalue weighted by Gasteiger charge is 2.52. The minimum Gasteiger partial charge on any atom is -0.399 e. The molecule has 1 heterocycles. The molecule has 0 aliphatic carbocycles. The average Bonchev–Trinajstić information content (AvgIpc) is 2.32. The predicted octanol–water partition coefficient (Wildman–Crippen LogP) is 2.36. The van der Waals surface area contributed by atoms with Crippen LogP contribution in [-0.2, 0) is 9.31 Å². The maximum atomic E-state index is 5.79. The molecule has 80 valence electrons. The number of hydrogen-bond donors (Lipinski definition) is 0. The van der Waals surface area contributed by atoms with Crippen LogP contribution >= 0.6 is 0 Å². The van der Waals surface area contributed by atoms with E-state index in [1.165, 1.54) is 0 Å². The number of allylic oxidation sites excluding steroid dienone is 3. The van der Waals surface area contributed by atoms with E-state index in [9.17, 15) is 0 Å². The van der Waals surface area contributed by atoms with Crippen LogP contribution in [0, 0.1) is 12.3 Å². The minimum atomic E-state index is -0.460. The van der Waals surface area contributed by atoms with Gasteiger partial charge < -0.3 is 9.31 Å². The third kappa shape index (κ3) is 2.17. The lowest BCUT2D eigenvalue weighted by Crippen LogP contribution is -2.41. The van der Waals surface area contributed by atoms with E-state index < -0.39 is 7.12 Å². The molecule has 15 heavy (non-hydrogen) atoms. The minimum absolute atomic E-state index is 0.352. The first kappa shape index (κ1) is 12.1. The van der Waals surface area contributed by atoms with Crippen molar-refractivity contribution in [2.24, 2.45) is 0 Å². The Labute approximate surface area is 92.5 Å². The molecule has 0 unspecified atom stereocenters. The average molecular weight is 204 g/mol. The van der Waals surface area contributed by atoms with Crippen LogP contribution in [0.15, 0.2) is 24.2 Å². The molecule has 0 aromatic heterocycles. The molecule has 3 heteroatoms. The zero-order chi connectivity index (χ0) is 11.7. The van der Waals surface area contributed by atoms with Gasteiger partial charge in [0, 0.05) is 5.47 Å². The van der Waals surface area contributed by atoms with E-state index in [1.807, 2.05) is 27.7 Å². The molecule has 1 saturated heterocycles. The van der Waals surface area contributed by atoms with Crippen LogP contribution in [0.4, 0.5) is 0 Å². The van der Waals surface area contributed by atoms with Crippen molar-refractivity contribution in [3.05, 3.63) is 24.2 Å². The van der Waals surface area contributed by atoms with Crippen LogP contribution in [0.3, 0.4) is 0 Å². The van der Waals surface area contributed by atoms with Crippen LogP contribution in [0.2, 0.25) is 0 Å². The maximum absolute atomic E-state index is 5.79. The first-order valence-corrected chi connectivity index (χ1v) is 4.99. The van der Waals surface area contributed by atoms with E-state index in [0.717, 1.165) is 0 Å². The summed E-state index contributed by atoms with van der Waals surface area (Å²) in [6.07, 6.45) is 8.77. The zero-order valence-corrected chi connectivity index (χ0v) is 9.83. The Kier molecular flexibility index (Phi) is 3.13. The fraction of sp³-hybridized carbons (Fsp3) is 0.500. The highest BCUT2D eigenvalue weighted by atomic mass is 16.7. The summed E-state index contributed by atoms with van der Waals surface area (Å²) in [7, 11) is -0.460. The van der Waals surface area contributed by atoms with Crippen molar-refractivity contribution in [3.8, 4) is 12.3 Å². The first-order valence-electron chi connectivity index (χ1n) is 4.99. The molecule has 0 aromatic carbocycles. The number of rotatable bonds is 2. The van der Waals surface area contributed by atoms with E-state index in [-0.39, 0.29) is 11.2 Å². The highest BCUT2D eigenvalue weighted by molar-refractivity contribution is 6.56. The van der Waals surface area contributed by atoms with Gasteiger partial charge in [0.1, 0.15) is 0 Å². The van der Waals surface area contributed by atoms with Crippen molar-refractivity contribution in [1.82, 2.24) is 0 Å². The van der Waals surface area contributed by atoms with Crippen molar-refractivity contribution in [3.63, 3.8) is 0 Å². The largest absolute Gasteiger partial charge is 0.503 e. The molecule has 0 atom stereocenters. The Morgan fingerprint density at radius 1 is 1.27 bits per heavy atom. The van der Waals surface area contributed by atoms with Crippen LogP contribution in [0.25, 0.3) is 0 Å². The van der Waals surface area contributed by atoms with Gasteiger partial charge in [0.2, 0.25) is 0 Å². The van der Waals surface area contributed by atoms with E-state index in [1.54, 1.807) is 12.2 Å². The van der Waals surface area contributed by atoms with Gasteiger partial charge in [0.25, 0.3) is 0 Å². The normalized spacial score (nSPS) is 23.7. The van der Waals surface area contributed by atoms with Crippen molar-refractivity contribution < 1.29 is 9.31 Å². The molecule has 0 bridgehead atoms. The van der Waals surface area contributed by atoms with Gasteiger partial charge in [0.15, 0.2) is 0 Å². The van der Waals surface area contributed by atoms with Gasteiger partial charge in [-0.1, -0.05) is 24.7 Å². The fourth-order valence-corrected chi connectivity index (χ4v) is 1.29. The van der Waals surface area contributed by atoms with Gasteiger partial charge in [-0.25, -0.2) is 0 Å². The highest BCUT2D eigenvalue weighted by Crippen LogP contribution is 2.38. The summed E-state index contributed by atoms with van der Waals surface area (Å²) >= 11 is 0. The molecule has 2 nitrogen and oxygen atoms in total. The van der Waals surface area contributed by atoms with Crippen molar-refractivity contribution in [2.45, 2.75) is 38.9 Å². The molecule has 0 radical (unpaired) electrons. The van der Waals surface area contributed by atoms with Crippen LogP contribution in [0.5, 0.6) is 0 Å². The van der Waals surface area contributed by atoms with E-state index in [2.05, 4.69) is 12.5 Å². The van der Waals surface area contributed by atoms with Crippen molar-refractivity contribution >= 4 is 7.12 Å². The molecule has 1 aliphatic rings. The monoisotopic (exact) mass is 204 g/mol. The maximum Gasteiger partial charge on any atom is 0.503 e. The second kappa shape index (κ2) is 3.88. The topological polar surface area (TPSA) is 18.5 Å². The first-order chi connectivity index (χ1) is 6.84. The van der Waals surface area contributed by atoms with Crippen molar-refractivity contribution in [1.29, 1.82) is 0 Å². The van der Waals surface area contributed by atoms with Gasteiger partial charge in [-0.05, 0) is 27.7 Å². The smallest absolute Gasteiger partial charge is 0.399 e. The Bertz CT molecular complexity index is 318. The summed E-state index contributed by atoms with van der Waals surface area (Å²) in [5.41, 5.74) is -0.0348. The summed E-state index contributed by atoms with van der Waals surface area (Å²) in [5.74, 6) is 2.56. The summed E-state index contributed by atoms with van der Waals surface area (Å²) in [5, 5.41) is 0. The summed E-state index contributed by atoms with van der Waals surface area (Å²) < 4.78 is 11.6. The Morgan fingerprint density at radius 3 is 2.07 bits per heavy atom. The lowest BCUT2D eigenvalue weighted by molar-refractivity contribution is 0.00578. The third-order valence-corrected chi connectivity index (χ3v) is 2.97. The van der Waals surface area contributed by atoms with Crippen LogP contribution in [0.1, 0.15) is 27.7 Å². The van der Waals surface area contributed by atoms with Gasteiger partial charge in [0.05, 0.1) is 11.2 Å².